The summed E-state index contributed by atoms with van der Waals surface area (Å²) in [5.74, 6) is 0.625. The van der Waals surface area contributed by atoms with E-state index in [0.29, 0.717) is 17.2 Å². The summed E-state index contributed by atoms with van der Waals surface area (Å²) in [4.78, 5) is 22.8. The molecule has 110 valence electrons. The van der Waals surface area contributed by atoms with Crippen LogP contribution in [-0.4, -0.2) is 24.8 Å². The zero-order valence-corrected chi connectivity index (χ0v) is 13.8. The lowest BCUT2D eigenvalue weighted by Gasteiger charge is -2.18. The Morgan fingerprint density at radius 2 is 2.05 bits per heavy atom. The molecule has 1 aromatic carbocycles. The smallest absolute Gasteiger partial charge is 0.258 e. The van der Waals surface area contributed by atoms with Gasteiger partial charge < -0.3 is 10.1 Å². The number of aldehydes is 1. The van der Waals surface area contributed by atoms with E-state index in [-0.39, 0.29) is 18.6 Å². The van der Waals surface area contributed by atoms with E-state index in [4.69, 9.17) is 4.74 Å². The molecule has 1 unspecified atom stereocenters. The van der Waals surface area contributed by atoms with Gasteiger partial charge in [-0.2, -0.15) is 0 Å². The first-order valence-corrected chi connectivity index (χ1v) is 7.32. The SMILES string of the molecule is Cc1cc(Br)cc(C=O)c1OCC(=O)NC(C)C(C)C. The number of amides is 1. The molecule has 1 amide bonds. The predicted molar refractivity (Wildman–Crippen MR) is 82.2 cm³/mol. The van der Waals surface area contributed by atoms with E-state index in [1.807, 2.05) is 33.8 Å². The standard InChI is InChI=1S/C15H20BrNO3/c1-9(2)11(4)17-14(19)8-20-15-10(3)5-13(16)6-12(15)7-18/h5-7,9,11H,8H2,1-4H3,(H,17,19). The molecule has 4 nitrogen and oxygen atoms in total. The van der Waals surface area contributed by atoms with E-state index in [1.54, 1.807) is 6.07 Å². The van der Waals surface area contributed by atoms with Crippen molar-refractivity contribution in [3.63, 3.8) is 0 Å². The Labute approximate surface area is 128 Å². The van der Waals surface area contributed by atoms with Crippen LogP contribution in [0.25, 0.3) is 0 Å². The molecule has 1 rings (SSSR count). The van der Waals surface area contributed by atoms with Crippen LogP contribution in [-0.2, 0) is 4.79 Å². The van der Waals surface area contributed by atoms with Crippen LogP contribution in [0.4, 0.5) is 0 Å². The van der Waals surface area contributed by atoms with Crippen molar-refractivity contribution in [3.05, 3.63) is 27.7 Å². The molecule has 0 bridgehead atoms. The van der Waals surface area contributed by atoms with Gasteiger partial charge in [0.2, 0.25) is 0 Å². The average Bonchev–Trinajstić information content (AvgIpc) is 2.36. The van der Waals surface area contributed by atoms with E-state index in [1.165, 1.54) is 0 Å². The zero-order valence-electron chi connectivity index (χ0n) is 12.2. The van der Waals surface area contributed by atoms with Crippen LogP contribution >= 0.6 is 15.9 Å². The Bertz CT molecular complexity index is 500. The van der Waals surface area contributed by atoms with Gasteiger partial charge >= 0.3 is 0 Å². The lowest BCUT2D eigenvalue weighted by atomic mass is 10.1. The highest BCUT2D eigenvalue weighted by Gasteiger charge is 2.13. The molecule has 0 saturated heterocycles. The molecule has 20 heavy (non-hydrogen) atoms. The van der Waals surface area contributed by atoms with Crippen molar-refractivity contribution >= 4 is 28.1 Å². The second-order valence-electron chi connectivity index (χ2n) is 5.15. The van der Waals surface area contributed by atoms with Gasteiger partial charge in [-0.15, -0.1) is 0 Å². The first-order chi connectivity index (χ1) is 9.35. The molecule has 0 aliphatic heterocycles. The summed E-state index contributed by atoms with van der Waals surface area (Å²) in [5.41, 5.74) is 1.24. The number of halogens is 1. The second kappa shape index (κ2) is 7.43. The third-order valence-electron chi connectivity index (χ3n) is 3.13. The largest absolute Gasteiger partial charge is 0.483 e. The average molecular weight is 342 g/mol. The second-order valence-corrected chi connectivity index (χ2v) is 6.06. The zero-order chi connectivity index (χ0) is 15.3. The molecule has 0 spiro atoms. The Kier molecular flexibility index (Phi) is 6.20. The van der Waals surface area contributed by atoms with Gasteiger partial charge in [0.1, 0.15) is 5.75 Å². The number of benzene rings is 1. The number of carbonyl (C=O) groups excluding carboxylic acids is 2. The number of nitrogens with one attached hydrogen (secondary N) is 1. The molecule has 0 heterocycles. The first kappa shape index (κ1) is 16.7. The van der Waals surface area contributed by atoms with E-state index in [9.17, 15) is 9.59 Å². The van der Waals surface area contributed by atoms with E-state index < -0.39 is 0 Å². The van der Waals surface area contributed by atoms with Gasteiger partial charge in [0, 0.05) is 10.5 Å². The summed E-state index contributed by atoms with van der Waals surface area (Å²) in [5, 5.41) is 2.86. The lowest BCUT2D eigenvalue weighted by Crippen LogP contribution is -2.39. The number of aryl methyl sites for hydroxylation is 1. The first-order valence-electron chi connectivity index (χ1n) is 6.52. The molecule has 1 N–H and O–H groups in total. The summed E-state index contributed by atoms with van der Waals surface area (Å²) in [7, 11) is 0. The minimum Gasteiger partial charge on any atom is -0.483 e. The van der Waals surface area contributed by atoms with Gasteiger partial charge in [-0.1, -0.05) is 29.8 Å². The van der Waals surface area contributed by atoms with Crippen LogP contribution in [0.1, 0.15) is 36.7 Å². The maximum Gasteiger partial charge on any atom is 0.258 e. The minimum atomic E-state index is -0.189. The van der Waals surface area contributed by atoms with Crippen LogP contribution in [0.2, 0.25) is 0 Å². The summed E-state index contributed by atoms with van der Waals surface area (Å²) in [6, 6.07) is 3.60. The van der Waals surface area contributed by atoms with Gasteiger partial charge in [-0.05, 0) is 37.5 Å². The third kappa shape index (κ3) is 4.63. The molecule has 1 atom stereocenters. The lowest BCUT2D eigenvalue weighted by molar-refractivity contribution is -0.124. The fourth-order valence-corrected chi connectivity index (χ4v) is 2.23. The molecule has 0 aliphatic rings. The summed E-state index contributed by atoms with van der Waals surface area (Å²) >= 11 is 3.32. The number of hydrogen-bond donors (Lipinski definition) is 1. The fourth-order valence-electron chi connectivity index (χ4n) is 1.64. The number of hydrogen-bond acceptors (Lipinski definition) is 3. The molecule has 0 fully saturated rings. The van der Waals surface area contributed by atoms with Crippen molar-refractivity contribution in [2.45, 2.75) is 33.7 Å². The van der Waals surface area contributed by atoms with Crippen molar-refractivity contribution in [1.29, 1.82) is 0 Å². The van der Waals surface area contributed by atoms with E-state index in [2.05, 4.69) is 21.2 Å². The number of rotatable bonds is 6. The van der Waals surface area contributed by atoms with E-state index >= 15 is 0 Å². The monoisotopic (exact) mass is 341 g/mol. The van der Waals surface area contributed by atoms with Crippen molar-refractivity contribution in [1.82, 2.24) is 5.32 Å². The normalized spacial score (nSPS) is 12.1. The topological polar surface area (TPSA) is 55.4 Å². The Balaban J connectivity index is 2.71. The van der Waals surface area contributed by atoms with Gasteiger partial charge in [0.15, 0.2) is 12.9 Å². The molecule has 5 heteroatoms. The van der Waals surface area contributed by atoms with Crippen molar-refractivity contribution in [2.24, 2.45) is 5.92 Å². The van der Waals surface area contributed by atoms with Crippen LogP contribution in [0, 0.1) is 12.8 Å². The number of carbonyl (C=O) groups is 2. The molecule has 0 aliphatic carbocycles. The predicted octanol–water partition coefficient (Wildman–Crippen LogP) is 3.11. The summed E-state index contributed by atoms with van der Waals surface area (Å²) in [6.07, 6.45) is 0.724. The molecular weight excluding hydrogens is 322 g/mol. The maximum absolute atomic E-state index is 11.8. The van der Waals surface area contributed by atoms with Crippen molar-refractivity contribution in [2.75, 3.05) is 6.61 Å². The number of ether oxygens (including phenoxy) is 1. The van der Waals surface area contributed by atoms with Crippen molar-refractivity contribution < 1.29 is 14.3 Å². The van der Waals surface area contributed by atoms with Gasteiger partial charge in [0.25, 0.3) is 5.91 Å². The molecule has 0 saturated carbocycles. The highest BCUT2D eigenvalue weighted by molar-refractivity contribution is 9.10. The molecular formula is C15H20BrNO3. The van der Waals surface area contributed by atoms with Crippen LogP contribution in [0.3, 0.4) is 0 Å². The van der Waals surface area contributed by atoms with Gasteiger partial charge in [0.05, 0.1) is 5.56 Å². The molecule has 0 radical (unpaired) electrons. The minimum absolute atomic E-state index is 0.0858. The molecule has 0 aromatic heterocycles. The highest BCUT2D eigenvalue weighted by Crippen LogP contribution is 2.26. The fraction of sp³-hybridized carbons (Fsp3) is 0.467. The van der Waals surface area contributed by atoms with Crippen LogP contribution in [0.15, 0.2) is 16.6 Å². The summed E-state index contributed by atoms with van der Waals surface area (Å²) < 4.78 is 6.30. The summed E-state index contributed by atoms with van der Waals surface area (Å²) in [6.45, 7) is 7.76. The molecule has 1 aromatic rings. The van der Waals surface area contributed by atoms with Gasteiger partial charge in [-0.25, -0.2) is 0 Å². The van der Waals surface area contributed by atoms with Crippen molar-refractivity contribution in [3.8, 4) is 5.75 Å². The Morgan fingerprint density at radius 1 is 1.40 bits per heavy atom. The quantitative estimate of drug-likeness (QED) is 0.809. The van der Waals surface area contributed by atoms with Crippen LogP contribution in [0.5, 0.6) is 5.75 Å². The highest BCUT2D eigenvalue weighted by atomic mass is 79.9. The Hall–Kier alpha value is -1.36. The Morgan fingerprint density at radius 3 is 2.60 bits per heavy atom. The van der Waals surface area contributed by atoms with Gasteiger partial charge in [-0.3, -0.25) is 9.59 Å². The third-order valence-corrected chi connectivity index (χ3v) is 3.59. The van der Waals surface area contributed by atoms with Crippen LogP contribution < -0.4 is 10.1 Å². The van der Waals surface area contributed by atoms with E-state index in [0.717, 1.165) is 16.3 Å². The maximum atomic E-state index is 11.8.